The molecule has 0 saturated carbocycles. The molecule has 0 spiro atoms. The van der Waals surface area contributed by atoms with Crippen molar-refractivity contribution in [3.63, 3.8) is 0 Å². The van der Waals surface area contributed by atoms with Gasteiger partial charge in [0.1, 0.15) is 0 Å². The lowest BCUT2D eigenvalue weighted by atomic mass is 9.34. The lowest BCUT2D eigenvalue weighted by Crippen LogP contribution is -2.59. The van der Waals surface area contributed by atoms with Crippen LogP contribution in [0.25, 0.3) is 99.8 Å². The highest BCUT2D eigenvalue weighted by atomic mass is 15.0. The maximum Gasteiger partial charge on any atom is 0.252 e. The molecular weight excluding hydrogens is 1070 g/mol. The lowest BCUT2D eigenvalue weighted by molar-refractivity contribution is 0.568. The zero-order chi connectivity index (χ0) is 64.2. The van der Waals surface area contributed by atoms with Crippen LogP contribution in [0.15, 0.2) is 146 Å². The fraction of sp³-hybridized carbons (Fsp3) is 0.376. The van der Waals surface area contributed by atoms with Crippen molar-refractivity contribution in [2.24, 2.45) is 0 Å². The predicted molar refractivity (Wildman–Crippen MR) is 389 cm³/mol. The van der Waals surface area contributed by atoms with E-state index in [1.54, 1.807) is 0 Å². The average molecular weight is 1170 g/mol. The number of fused-ring (bicyclic) bond motifs is 10. The van der Waals surface area contributed by atoms with Gasteiger partial charge in [0.15, 0.2) is 0 Å². The Morgan fingerprint density at radius 1 is 0.292 bits per heavy atom. The van der Waals surface area contributed by atoms with E-state index in [4.69, 9.17) is 4.98 Å². The van der Waals surface area contributed by atoms with E-state index in [0.29, 0.717) is 0 Å². The molecule has 2 aliphatic rings. The van der Waals surface area contributed by atoms with Gasteiger partial charge < -0.3 is 9.13 Å². The molecule has 8 aromatic carbocycles. The van der Waals surface area contributed by atoms with Crippen molar-refractivity contribution in [2.75, 3.05) is 0 Å². The molecule has 3 nitrogen and oxygen atoms in total. The highest BCUT2D eigenvalue weighted by Gasteiger charge is 2.44. The number of rotatable bonds is 4. The van der Waals surface area contributed by atoms with Crippen LogP contribution in [-0.2, 0) is 43.3 Å². The Kier molecular flexibility index (Phi) is 13.3. The molecule has 11 aromatic rings. The minimum Gasteiger partial charge on any atom is -0.310 e. The maximum absolute atomic E-state index is 5.65. The van der Waals surface area contributed by atoms with Crippen LogP contribution in [0.3, 0.4) is 0 Å². The summed E-state index contributed by atoms with van der Waals surface area (Å²) >= 11 is 0. The molecule has 0 radical (unpaired) electrons. The van der Waals surface area contributed by atoms with Gasteiger partial charge in [-0.3, -0.25) is 0 Å². The molecule has 5 heterocycles. The van der Waals surface area contributed by atoms with Gasteiger partial charge in [-0.2, -0.15) is 0 Å². The quantitative estimate of drug-likeness (QED) is 0.161. The molecular formula is C85H96BN3. The zero-order valence-electron chi connectivity index (χ0n) is 58.3. The standard InChI is InChI=1S/C85H96BN3/c1-78(2,3)53-37-50(38-54(43-53)79(4,5)6)59-33-35-63-76-71(59)73-61(84(19,20)21)45-57(82(13,14)15)47-67(73)88(76)69-41-52(66-32-28-31-65(87-66)49-29-26-25-27-30-49)42-70-75(69)86(63)64-36-34-60(51-39-55(80(7,8)9)44-56(40-51)81(10,11)12)72-74-62(85(22,23)24)46-58(83(16,17)18)48-68(74)89(70)77(64)72/h25-48H,1-24H3. The Morgan fingerprint density at radius 2 is 0.640 bits per heavy atom. The predicted octanol–water partition coefficient (Wildman–Crippen LogP) is 21.5. The minimum absolute atomic E-state index is 0.0642. The van der Waals surface area contributed by atoms with Crippen molar-refractivity contribution < 1.29 is 0 Å². The molecule has 2 aliphatic heterocycles. The summed E-state index contributed by atoms with van der Waals surface area (Å²) in [6.07, 6.45) is 0. The van der Waals surface area contributed by atoms with E-state index < -0.39 is 0 Å². The first-order valence-corrected chi connectivity index (χ1v) is 33.1. The molecule has 0 N–H and O–H groups in total. The van der Waals surface area contributed by atoms with Gasteiger partial charge in [-0.05, 0) is 163 Å². The summed E-state index contributed by atoms with van der Waals surface area (Å²) in [7, 11) is 0. The third-order valence-corrected chi connectivity index (χ3v) is 20.0. The summed E-state index contributed by atoms with van der Waals surface area (Å²) < 4.78 is 5.50. The van der Waals surface area contributed by atoms with Crippen molar-refractivity contribution >= 4 is 66.7 Å². The van der Waals surface area contributed by atoms with Crippen molar-refractivity contribution in [3.8, 4) is 56.1 Å². The zero-order valence-corrected chi connectivity index (χ0v) is 58.3. The second kappa shape index (κ2) is 19.5. The first-order valence-electron chi connectivity index (χ1n) is 33.1. The Bertz CT molecular complexity index is 4440. The second-order valence-corrected chi connectivity index (χ2v) is 35.1. The first-order chi connectivity index (χ1) is 41.2. The van der Waals surface area contributed by atoms with Gasteiger partial charge in [-0.25, -0.2) is 4.98 Å². The van der Waals surface area contributed by atoms with Crippen LogP contribution in [0.5, 0.6) is 0 Å². The molecule has 0 bridgehead atoms. The minimum atomic E-state index is -0.194. The topological polar surface area (TPSA) is 22.8 Å². The molecule has 0 aliphatic carbocycles. The molecule has 454 valence electrons. The molecule has 0 saturated heterocycles. The fourth-order valence-corrected chi connectivity index (χ4v) is 14.7. The lowest BCUT2D eigenvalue weighted by Gasteiger charge is -2.35. The van der Waals surface area contributed by atoms with Crippen LogP contribution in [0.4, 0.5) is 0 Å². The van der Waals surface area contributed by atoms with Crippen LogP contribution in [0.2, 0.25) is 0 Å². The van der Waals surface area contributed by atoms with Crippen LogP contribution in [0, 0.1) is 0 Å². The van der Waals surface area contributed by atoms with E-state index in [-0.39, 0.29) is 50.0 Å². The van der Waals surface area contributed by atoms with Crippen LogP contribution in [0.1, 0.15) is 211 Å². The smallest absolute Gasteiger partial charge is 0.252 e. The fourth-order valence-electron chi connectivity index (χ4n) is 14.7. The maximum atomic E-state index is 5.65. The molecule has 4 heteroatoms. The van der Waals surface area contributed by atoms with Gasteiger partial charge in [0.25, 0.3) is 6.71 Å². The van der Waals surface area contributed by atoms with Gasteiger partial charge in [-0.1, -0.05) is 275 Å². The van der Waals surface area contributed by atoms with Crippen LogP contribution in [-0.4, -0.2) is 20.8 Å². The van der Waals surface area contributed by atoms with Crippen LogP contribution >= 0.6 is 0 Å². The first kappa shape index (κ1) is 60.5. The molecule has 0 fully saturated rings. The number of benzene rings is 8. The highest BCUT2D eigenvalue weighted by Crippen LogP contribution is 2.51. The highest BCUT2D eigenvalue weighted by molar-refractivity contribution is 7.00. The Morgan fingerprint density at radius 3 is 0.989 bits per heavy atom. The normalized spacial score (nSPS) is 14.0. The number of aromatic nitrogens is 3. The van der Waals surface area contributed by atoms with E-state index in [9.17, 15) is 0 Å². The summed E-state index contributed by atoms with van der Waals surface area (Å²) in [5, 5.41) is 5.38. The monoisotopic (exact) mass is 1170 g/mol. The van der Waals surface area contributed by atoms with Gasteiger partial charge >= 0.3 is 0 Å². The number of nitrogens with zero attached hydrogens (tertiary/aromatic N) is 3. The third-order valence-electron chi connectivity index (χ3n) is 20.0. The third kappa shape index (κ3) is 9.86. The summed E-state index contributed by atoms with van der Waals surface area (Å²) in [5.74, 6) is 0. The largest absolute Gasteiger partial charge is 0.310 e. The van der Waals surface area contributed by atoms with Gasteiger partial charge in [0.2, 0.25) is 0 Å². The summed E-state index contributed by atoms with van der Waals surface area (Å²) in [6, 6.07) is 57.9. The number of hydrogen-bond acceptors (Lipinski definition) is 1. The average Bonchev–Trinajstić information content (AvgIpc) is 1.54. The van der Waals surface area contributed by atoms with E-state index in [1.165, 1.54) is 138 Å². The SMILES string of the molecule is CC(C)(C)c1cc(-c2ccc3c4c2c2c(C(C)(C)C)cc(C(C)(C)C)cc2n4-c2cc(-c4cccc(-c5ccccc5)n4)cc4c2B3c2ccc(-c3cc(C(C)(C)C)cc(C(C)(C)C)c3)c3c5c(C(C)(C)C)cc(C(C)(C)C)cc5n-4c23)cc(C(C)(C)C)c1. The van der Waals surface area contributed by atoms with E-state index in [1.807, 2.05) is 0 Å². The number of pyridine rings is 1. The van der Waals surface area contributed by atoms with E-state index in [2.05, 4.69) is 321 Å². The van der Waals surface area contributed by atoms with Crippen molar-refractivity contribution in [3.05, 3.63) is 190 Å². The summed E-state index contributed by atoms with van der Waals surface area (Å²) in [5.41, 5.74) is 30.9. The second-order valence-electron chi connectivity index (χ2n) is 35.1. The van der Waals surface area contributed by atoms with E-state index in [0.717, 1.165) is 22.5 Å². The molecule has 0 unspecified atom stereocenters. The number of hydrogen-bond donors (Lipinski definition) is 0. The molecule has 0 atom stereocenters. The summed E-state index contributed by atoms with van der Waals surface area (Å²) in [4.78, 5) is 5.65. The molecule has 0 amide bonds. The van der Waals surface area contributed by atoms with Gasteiger partial charge in [-0.15, -0.1) is 0 Å². The van der Waals surface area contributed by atoms with Crippen molar-refractivity contribution in [1.82, 2.24) is 14.1 Å². The Labute approximate surface area is 533 Å². The van der Waals surface area contributed by atoms with Crippen molar-refractivity contribution in [2.45, 2.75) is 209 Å². The van der Waals surface area contributed by atoms with Gasteiger partial charge in [0.05, 0.1) is 33.5 Å². The van der Waals surface area contributed by atoms with Crippen LogP contribution < -0.4 is 16.4 Å². The van der Waals surface area contributed by atoms with E-state index >= 15 is 0 Å². The molecule has 3 aromatic heterocycles. The Hall–Kier alpha value is -7.43. The molecule has 89 heavy (non-hydrogen) atoms. The van der Waals surface area contributed by atoms with Gasteiger partial charge in [0, 0.05) is 44.0 Å². The Balaban J connectivity index is 1.29. The van der Waals surface area contributed by atoms with Crippen molar-refractivity contribution in [1.29, 1.82) is 0 Å². The summed E-state index contributed by atoms with van der Waals surface area (Å²) in [6.45, 7) is 57.3. The molecule has 13 rings (SSSR count).